The third-order valence-electron chi connectivity index (χ3n) is 3.88. The number of benzene rings is 2. The van der Waals surface area contributed by atoms with Crippen LogP contribution in [0, 0.1) is 6.92 Å². The molecule has 0 aliphatic heterocycles. The highest BCUT2D eigenvalue weighted by molar-refractivity contribution is 9.10. The fourth-order valence-corrected chi connectivity index (χ4v) is 3.18. The van der Waals surface area contributed by atoms with Crippen LogP contribution in [-0.2, 0) is 0 Å². The molecule has 0 bridgehead atoms. The molecular formula is C20H13BrO3. The van der Waals surface area contributed by atoms with Gasteiger partial charge < -0.3 is 8.83 Å². The van der Waals surface area contributed by atoms with Crippen molar-refractivity contribution in [2.75, 3.05) is 0 Å². The predicted molar refractivity (Wildman–Crippen MR) is 98.1 cm³/mol. The van der Waals surface area contributed by atoms with E-state index in [0.29, 0.717) is 16.9 Å². The van der Waals surface area contributed by atoms with Crippen LogP contribution in [0.2, 0.25) is 0 Å². The molecule has 4 heteroatoms. The van der Waals surface area contributed by atoms with Gasteiger partial charge in [-0.25, -0.2) is 4.79 Å². The standard InChI is InChI=1S/C20H13BrO3/c1-12-9-16(19(23-12)13-5-3-2-4-6-13)17-11-14-10-15(21)7-8-18(14)24-20(17)22/h2-11H,1H3. The lowest BCUT2D eigenvalue weighted by atomic mass is 10.0. The third-order valence-corrected chi connectivity index (χ3v) is 4.37. The van der Waals surface area contributed by atoms with E-state index >= 15 is 0 Å². The van der Waals surface area contributed by atoms with E-state index in [-0.39, 0.29) is 5.63 Å². The van der Waals surface area contributed by atoms with Gasteiger partial charge in [-0.3, -0.25) is 0 Å². The molecule has 4 aromatic rings. The molecule has 2 aromatic heterocycles. The zero-order valence-corrected chi connectivity index (χ0v) is 14.5. The van der Waals surface area contributed by atoms with E-state index in [1.807, 2.05) is 61.5 Å². The Kier molecular flexibility index (Phi) is 3.62. The number of aryl methyl sites for hydroxylation is 1. The Morgan fingerprint density at radius 1 is 0.875 bits per heavy atom. The van der Waals surface area contributed by atoms with Crippen molar-refractivity contribution >= 4 is 26.9 Å². The Hall–Kier alpha value is -2.59. The van der Waals surface area contributed by atoms with E-state index in [4.69, 9.17) is 8.83 Å². The summed E-state index contributed by atoms with van der Waals surface area (Å²) < 4.78 is 12.3. The van der Waals surface area contributed by atoms with Crippen LogP contribution in [0.5, 0.6) is 0 Å². The topological polar surface area (TPSA) is 43.4 Å². The fourth-order valence-electron chi connectivity index (χ4n) is 2.80. The molecule has 0 N–H and O–H groups in total. The highest BCUT2D eigenvalue weighted by Gasteiger charge is 2.17. The minimum atomic E-state index is -0.372. The lowest BCUT2D eigenvalue weighted by molar-refractivity contribution is 0.547. The lowest BCUT2D eigenvalue weighted by Crippen LogP contribution is -2.02. The molecule has 118 valence electrons. The summed E-state index contributed by atoms with van der Waals surface area (Å²) in [5.74, 6) is 1.42. The quantitative estimate of drug-likeness (QED) is 0.413. The number of hydrogen-bond donors (Lipinski definition) is 0. The number of furan rings is 1. The molecule has 0 aliphatic carbocycles. The van der Waals surface area contributed by atoms with E-state index in [2.05, 4.69) is 15.9 Å². The molecule has 0 fully saturated rings. The number of rotatable bonds is 2. The van der Waals surface area contributed by atoms with E-state index in [9.17, 15) is 4.79 Å². The normalized spacial score (nSPS) is 11.1. The van der Waals surface area contributed by atoms with E-state index in [1.54, 1.807) is 6.07 Å². The average Bonchev–Trinajstić information content (AvgIpc) is 2.97. The fraction of sp³-hybridized carbons (Fsp3) is 0.0500. The lowest BCUT2D eigenvalue weighted by Gasteiger charge is -2.04. The van der Waals surface area contributed by atoms with Crippen molar-refractivity contribution in [1.82, 2.24) is 0 Å². The van der Waals surface area contributed by atoms with Gasteiger partial charge in [0, 0.05) is 21.0 Å². The van der Waals surface area contributed by atoms with Crippen LogP contribution in [0.4, 0.5) is 0 Å². The molecule has 0 saturated carbocycles. The summed E-state index contributed by atoms with van der Waals surface area (Å²) in [6, 6.07) is 19.0. The van der Waals surface area contributed by atoms with Crippen molar-refractivity contribution < 1.29 is 8.83 Å². The Morgan fingerprint density at radius 2 is 1.67 bits per heavy atom. The number of hydrogen-bond acceptors (Lipinski definition) is 3. The third kappa shape index (κ3) is 2.59. The second kappa shape index (κ2) is 5.80. The van der Waals surface area contributed by atoms with Gasteiger partial charge in [0.25, 0.3) is 0 Å². The summed E-state index contributed by atoms with van der Waals surface area (Å²) in [5, 5.41) is 0.858. The molecule has 0 spiro atoms. The van der Waals surface area contributed by atoms with Crippen LogP contribution in [0.3, 0.4) is 0 Å². The molecule has 4 rings (SSSR count). The monoisotopic (exact) mass is 380 g/mol. The van der Waals surface area contributed by atoms with Crippen molar-refractivity contribution in [2.45, 2.75) is 6.92 Å². The molecule has 0 saturated heterocycles. The first-order chi connectivity index (χ1) is 11.6. The van der Waals surface area contributed by atoms with Crippen LogP contribution in [-0.4, -0.2) is 0 Å². The molecule has 3 nitrogen and oxygen atoms in total. The molecule has 0 amide bonds. The first-order valence-corrected chi connectivity index (χ1v) is 8.31. The molecule has 0 aliphatic rings. The van der Waals surface area contributed by atoms with Gasteiger partial charge in [-0.05, 0) is 37.3 Å². The Labute approximate surface area is 146 Å². The van der Waals surface area contributed by atoms with Gasteiger partial charge in [-0.1, -0.05) is 46.3 Å². The molecule has 0 atom stereocenters. The van der Waals surface area contributed by atoms with Crippen LogP contribution < -0.4 is 5.63 Å². The summed E-state index contributed by atoms with van der Waals surface area (Å²) >= 11 is 3.45. The Morgan fingerprint density at radius 3 is 2.46 bits per heavy atom. The van der Waals surface area contributed by atoms with Gasteiger partial charge in [0.05, 0.1) is 5.56 Å². The second-order valence-electron chi connectivity index (χ2n) is 5.60. The predicted octanol–water partition coefficient (Wildman–Crippen LogP) is 5.79. The first kappa shape index (κ1) is 15.0. The van der Waals surface area contributed by atoms with E-state index < -0.39 is 0 Å². The number of fused-ring (bicyclic) bond motifs is 1. The zero-order chi connectivity index (χ0) is 16.7. The maximum atomic E-state index is 12.5. The van der Waals surface area contributed by atoms with Gasteiger partial charge in [0.1, 0.15) is 17.1 Å². The van der Waals surface area contributed by atoms with Gasteiger partial charge in [0.2, 0.25) is 0 Å². The Bertz CT molecular complexity index is 1090. The minimum Gasteiger partial charge on any atom is -0.461 e. The zero-order valence-electron chi connectivity index (χ0n) is 12.9. The SMILES string of the molecule is Cc1cc(-c2cc3cc(Br)ccc3oc2=O)c(-c2ccccc2)o1. The molecule has 2 aromatic carbocycles. The molecular weight excluding hydrogens is 368 g/mol. The van der Waals surface area contributed by atoms with Crippen LogP contribution in [0.1, 0.15) is 5.76 Å². The van der Waals surface area contributed by atoms with Crippen LogP contribution in [0.25, 0.3) is 33.4 Å². The summed E-state index contributed by atoms with van der Waals surface area (Å²) in [6.45, 7) is 1.87. The summed E-state index contributed by atoms with van der Waals surface area (Å²) in [7, 11) is 0. The number of halogens is 1. The Balaban J connectivity index is 1.98. The maximum Gasteiger partial charge on any atom is 0.344 e. The summed E-state index contributed by atoms with van der Waals surface area (Å²) in [4.78, 5) is 12.5. The smallest absolute Gasteiger partial charge is 0.344 e. The van der Waals surface area contributed by atoms with Crippen molar-refractivity contribution in [3.8, 4) is 22.5 Å². The van der Waals surface area contributed by atoms with E-state index in [1.165, 1.54) is 0 Å². The summed E-state index contributed by atoms with van der Waals surface area (Å²) in [6.07, 6.45) is 0. The second-order valence-corrected chi connectivity index (χ2v) is 6.51. The van der Waals surface area contributed by atoms with E-state index in [0.717, 1.165) is 26.7 Å². The van der Waals surface area contributed by atoms with Gasteiger partial charge in [-0.2, -0.15) is 0 Å². The molecule has 24 heavy (non-hydrogen) atoms. The molecule has 2 heterocycles. The highest BCUT2D eigenvalue weighted by atomic mass is 79.9. The van der Waals surface area contributed by atoms with Gasteiger partial charge in [-0.15, -0.1) is 0 Å². The summed E-state index contributed by atoms with van der Waals surface area (Å²) in [5.41, 5.74) is 2.36. The van der Waals surface area contributed by atoms with Crippen molar-refractivity contribution in [2.24, 2.45) is 0 Å². The molecule has 0 unspecified atom stereocenters. The maximum absolute atomic E-state index is 12.5. The largest absolute Gasteiger partial charge is 0.461 e. The first-order valence-electron chi connectivity index (χ1n) is 7.51. The molecule has 0 radical (unpaired) electrons. The van der Waals surface area contributed by atoms with Gasteiger partial charge >= 0.3 is 5.63 Å². The van der Waals surface area contributed by atoms with Crippen molar-refractivity contribution in [3.63, 3.8) is 0 Å². The van der Waals surface area contributed by atoms with Gasteiger partial charge in [0.15, 0.2) is 0 Å². The van der Waals surface area contributed by atoms with Crippen LogP contribution in [0.15, 0.2) is 78.8 Å². The average molecular weight is 381 g/mol. The minimum absolute atomic E-state index is 0.372. The van der Waals surface area contributed by atoms with Crippen molar-refractivity contribution in [3.05, 3.63) is 81.3 Å². The highest BCUT2D eigenvalue weighted by Crippen LogP contribution is 2.34. The van der Waals surface area contributed by atoms with Crippen LogP contribution >= 0.6 is 15.9 Å². The van der Waals surface area contributed by atoms with Crippen molar-refractivity contribution in [1.29, 1.82) is 0 Å².